The molecule has 0 aromatic carbocycles. The number of amides is 2. The molecule has 0 bridgehead atoms. The van der Waals surface area contributed by atoms with Crippen LogP contribution in [0.15, 0.2) is 24.4 Å². The summed E-state index contributed by atoms with van der Waals surface area (Å²) in [7, 11) is 1.97. The molecule has 1 aliphatic rings. The molecule has 0 atom stereocenters. The SMILES string of the molecule is Cc1cc(N2CCC(NC(=O)NCc3cccn3C)CC2)nc(C)n1. The monoisotopic (exact) mass is 342 g/mol. The van der Waals surface area contributed by atoms with Gasteiger partial charge in [0, 0.05) is 49.8 Å². The molecule has 3 heterocycles. The number of rotatable bonds is 4. The van der Waals surface area contributed by atoms with Crippen molar-refractivity contribution in [3.63, 3.8) is 0 Å². The molecule has 0 aliphatic carbocycles. The zero-order valence-corrected chi connectivity index (χ0v) is 15.1. The van der Waals surface area contributed by atoms with Gasteiger partial charge in [0.2, 0.25) is 0 Å². The predicted octanol–water partition coefficient (Wildman–Crippen LogP) is 1.90. The normalized spacial score (nSPS) is 15.2. The second kappa shape index (κ2) is 7.55. The molecule has 2 aromatic heterocycles. The molecule has 25 heavy (non-hydrogen) atoms. The molecule has 2 aromatic rings. The smallest absolute Gasteiger partial charge is 0.315 e. The lowest BCUT2D eigenvalue weighted by Gasteiger charge is -2.33. The Labute approximate surface area is 148 Å². The largest absolute Gasteiger partial charge is 0.356 e. The fourth-order valence-electron chi connectivity index (χ4n) is 3.20. The van der Waals surface area contributed by atoms with E-state index in [-0.39, 0.29) is 12.1 Å². The van der Waals surface area contributed by atoms with Gasteiger partial charge < -0.3 is 20.1 Å². The molecular formula is C18H26N6O. The van der Waals surface area contributed by atoms with Crippen molar-refractivity contribution in [1.29, 1.82) is 0 Å². The molecule has 0 saturated carbocycles. The Morgan fingerprint density at radius 3 is 2.68 bits per heavy atom. The number of nitrogens with one attached hydrogen (secondary N) is 2. The number of anilines is 1. The minimum atomic E-state index is -0.103. The average molecular weight is 342 g/mol. The van der Waals surface area contributed by atoms with E-state index in [2.05, 4.69) is 25.5 Å². The Bertz CT molecular complexity index is 713. The molecule has 7 heteroatoms. The summed E-state index contributed by atoms with van der Waals surface area (Å²) in [5.74, 6) is 1.78. The van der Waals surface area contributed by atoms with Gasteiger partial charge in [-0.1, -0.05) is 0 Å². The summed E-state index contributed by atoms with van der Waals surface area (Å²) in [6, 6.07) is 6.10. The summed E-state index contributed by atoms with van der Waals surface area (Å²) in [6.45, 7) is 6.22. The predicted molar refractivity (Wildman–Crippen MR) is 97.5 cm³/mol. The van der Waals surface area contributed by atoms with Crippen LogP contribution in [0.3, 0.4) is 0 Å². The molecule has 7 nitrogen and oxygen atoms in total. The highest BCUT2D eigenvalue weighted by molar-refractivity contribution is 5.74. The van der Waals surface area contributed by atoms with Gasteiger partial charge in [0.1, 0.15) is 11.6 Å². The average Bonchev–Trinajstić information content (AvgIpc) is 2.98. The Morgan fingerprint density at radius 1 is 1.28 bits per heavy atom. The van der Waals surface area contributed by atoms with E-state index in [0.29, 0.717) is 6.54 Å². The number of carbonyl (C=O) groups is 1. The zero-order valence-electron chi connectivity index (χ0n) is 15.1. The molecule has 1 fully saturated rings. The molecule has 2 N–H and O–H groups in total. The number of urea groups is 1. The fourth-order valence-corrected chi connectivity index (χ4v) is 3.20. The Morgan fingerprint density at radius 2 is 2.04 bits per heavy atom. The van der Waals surface area contributed by atoms with Crippen LogP contribution in [0.1, 0.15) is 30.1 Å². The summed E-state index contributed by atoms with van der Waals surface area (Å²) in [5.41, 5.74) is 2.07. The van der Waals surface area contributed by atoms with Crippen molar-refractivity contribution in [3.05, 3.63) is 41.6 Å². The van der Waals surface area contributed by atoms with Crippen molar-refractivity contribution in [2.75, 3.05) is 18.0 Å². The number of carbonyl (C=O) groups excluding carboxylic acids is 1. The summed E-state index contributed by atoms with van der Waals surface area (Å²) < 4.78 is 2.00. The van der Waals surface area contributed by atoms with Gasteiger partial charge in [0.25, 0.3) is 0 Å². The Balaban J connectivity index is 1.46. The minimum absolute atomic E-state index is 0.103. The van der Waals surface area contributed by atoms with Crippen molar-refractivity contribution in [2.24, 2.45) is 7.05 Å². The van der Waals surface area contributed by atoms with E-state index >= 15 is 0 Å². The first-order chi connectivity index (χ1) is 12.0. The van der Waals surface area contributed by atoms with Gasteiger partial charge in [-0.25, -0.2) is 14.8 Å². The lowest BCUT2D eigenvalue weighted by atomic mass is 10.1. The van der Waals surface area contributed by atoms with Crippen LogP contribution >= 0.6 is 0 Å². The molecule has 0 radical (unpaired) electrons. The van der Waals surface area contributed by atoms with Crippen LogP contribution in [0.2, 0.25) is 0 Å². The summed E-state index contributed by atoms with van der Waals surface area (Å²) in [6.07, 6.45) is 3.81. The van der Waals surface area contributed by atoms with Crippen LogP contribution in [0.5, 0.6) is 0 Å². The van der Waals surface area contributed by atoms with Crippen LogP contribution in [-0.2, 0) is 13.6 Å². The first-order valence-electron chi connectivity index (χ1n) is 8.73. The van der Waals surface area contributed by atoms with E-state index in [4.69, 9.17) is 0 Å². The van der Waals surface area contributed by atoms with Gasteiger partial charge in [-0.05, 0) is 38.8 Å². The fraction of sp³-hybridized carbons (Fsp3) is 0.500. The number of aryl methyl sites for hydroxylation is 3. The number of aromatic nitrogens is 3. The van der Waals surface area contributed by atoms with Gasteiger partial charge >= 0.3 is 6.03 Å². The number of nitrogens with zero attached hydrogens (tertiary/aromatic N) is 4. The first-order valence-corrected chi connectivity index (χ1v) is 8.73. The minimum Gasteiger partial charge on any atom is -0.356 e. The zero-order chi connectivity index (χ0) is 17.8. The van der Waals surface area contributed by atoms with Gasteiger partial charge in [0.15, 0.2) is 0 Å². The highest BCUT2D eigenvalue weighted by Gasteiger charge is 2.22. The molecule has 0 spiro atoms. The second-order valence-corrected chi connectivity index (χ2v) is 6.61. The maximum Gasteiger partial charge on any atom is 0.315 e. The molecule has 1 saturated heterocycles. The summed E-state index contributed by atoms with van der Waals surface area (Å²) in [5, 5.41) is 6.00. The third-order valence-corrected chi connectivity index (χ3v) is 4.59. The van der Waals surface area contributed by atoms with E-state index in [9.17, 15) is 4.79 Å². The first kappa shape index (κ1) is 17.3. The summed E-state index contributed by atoms with van der Waals surface area (Å²) in [4.78, 5) is 23.2. The van der Waals surface area contributed by atoms with E-state index in [1.807, 2.05) is 49.9 Å². The van der Waals surface area contributed by atoms with Crippen LogP contribution < -0.4 is 15.5 Å². The Hall–Kier alpha value is -2.57. The van der Waals surface area contributed by atoms with E-state index in [1.54, 1.807) is 0 Å². The second-order valence-electron chi connectivity index (χ2n) is 6.61. The Kier molecular flexibility index (Phi) is 5.21. The molecule has 3 rings (SSSR count). The molecule has 134 valence electrons. The van der Waals surface area contributed by atoms with Gasteiger partial charge in [-0.2, -0.15) is 0 Å². The quantitative estimate of drug-likeness (QED) is 0.890. The standard InChI is InChI=1S/C18H26N6O/c1-13-11-17(21-14(2)20-13)24-9-6-15(7-10-24)22-18(25)19-12-16-5-4-8-23(16)3/h4-5,8,11,15H,6-7,9-10,12H2,1-3H3,(H2,19,22,25). The lowest BCUT2D eigenvalue weighted by Crippen LogP contribution is -2.48. The van der Waals surface area contributed by atoms with Crippen LogP contribution in [0, 0.1) is 13.8 Å². The van der Waals surface area contributed by atoms with Crippen molar-refractivity contribution in [3.8, 4) is 0 Å². The van der Waals surface area contributed by atoms with E-state index in [0.717, 1.165) is 49.0 Å². The van der Waals surface area contributed by atoms with Crippen molar-refractivity contribution in [1.82, 2.24) is 25.2 Å². The maximum absolute atomic E-state index is 12.1. The van der Waals surface area contributed by atoms with E-state index < -0.39 is 0 Å². The van der Waals surface area contributed by atoms with Crippen LogP contribution in [0.25, 0.3) is 0 Å². The van der Waals surface area contributed by atoms with Gasteiger partial charge in [-0.3, -0.25) is 0 Å². The van der Waals surface area contributed by atoms with Crippen molar-refractivity contribution >= 4 is 11.8 Å². The third-order valence-electron chi connectivity index (χ3n) is 4.59. The topological polar surface area (TPSA) is 75.1 Å². The highest BCUT2D eigenvalue weighted by atomic mass is 16.2. The van der Waals surface area contributed by atoms with Gasteiger partial charge in [-0.15, -0.1) is 0 Å². The van der Waals surface area contributed by atoms with Crippen LogP contribution in [0.4, 0.5) is 10.6 Å². The van der Waals surface area contributed by atoms with Crippen molar-refractivity contribution < 1.29 is 4.79 Å². The van der Waals surface area contributed by atoms with E-state index in [1.165, 1.54) is 0 Å². The molecular weight excluding hydrogens is 316 g/mol. The lowest BCUT2D eigenvalue weighted by molar-refractivity contribution is 0.234. The molecule has 1 aliphatic heterocycles. The molecule has 2 amide bonds. The van der Waals surface area contributed by atoms with Gasteiger partial charge in [0.05, 0.1) is 6.54 Å². The number of hydrogen-bond donors (Lipinski definition) is 2. The maximum atomic E-state index is 12.1. The number of hydrogen-bond acceptors (Lipinski definition) is 4. The molecule has 0 unspecified atom stereocenters. The van der Waals surface area contributed by atoms with Crippen LogP contribution in [-0.4, -0.2) is 39.7 Å². The third kappa shape index (κ3) is 4.49. The number of piperidine rings is 1. The summed E-state index contributed by atoms with van der Waals surface area (Å²) >= 11 is 0. The highest BCUT2D eigenvalue weighted by Crippen LogP contribution is 2.18. The van der Waals surface area contributed by atoms with Crippen molar-refractivity contribution in [2.45, 2.75) is 39.3 Å².